The van der Waals surface area contributed by atoms with Gasteiger partial charge in [0.2, 0.25) is 0 Å². The van der Waals surface area contributed by atoms with Crippen LogP contribution < -0.4 is 0 Å². The average molecular weight is 204 g/mol. The molecule has 1 aliphatic heterocycles. The summed E-state index contributed by atoms with van der Waals surface area (Å²) in [7, 11) is 0. The Morgan fingerprint density at radius 2 is 1.57 bits per heavy atom. The first kappa shape index (κ1) is 10.9. The van der Waals surface area contributed by atoms with E-state index >= 15 is 0 Å². The third kappa shape index (κ3) is 2.43. The molecule has 0 atom stereocenters. The molecule has 0 aliphatic carbocycles. The van der Waals surface area contributed by atoms with E-state index in [2.05, 4.69) is 0 Å². The molecule has 0 amide bonds. The average Bonchev–Trinajstić information content (AvgIpc) is 2.02. The predicted octanol–water partition coefficient (Wildman–Crippen LogP) is 0.161. The van der Waals surface area contributed by atoms with Gasteiger partial charge in [0.15, 0.2) is 0 Å². The van der Waals surface area contributed by atoms with Crippen molar-refractivity contribution >= 4 is 11.9 Å². The highest BCUT2D eigenvalue weighted by molar-refractivity contribution is 5.92. The van der Waals surface area contributed by atoms with Gasteiger partial charge in [0.25, 0.3) is 0 Å². The van der Waals surface area contributed by atoms with Gasteiger partial charge in [-0.3, -0.25) is 19.1 Å². The van der Waals surface area contributed by atoms with Crippen LogP contribution >= 0.6 is 0 Å². The van der Waals surface area contributed by atoms with Gasteiger partial charge < -0.3 is 9.47 Å². The van der Waals surface area contributed by atoms with Gasteiger partial charge in [-0.2, -0.15) is 0 Å². The standard InChI is InChI=1S/C8H12O6/c1-3-11-8(12-4-2)13-6(9)5-7(10)14-8/h3-5H2,1-2H3. The number of rotatable bonds is 4. The van der Waals surface area contributed by atoms with Crippen LogP contribution in [0.4, 0.5) is 0 Å². The summed E-state index contributed by atoms with van der Waals surface area (Å²) in [4.78, 5) is 21.9. The molecule has 0 unspecified atom stereocenters. The SMILES string of the molecule is CCOC1(OCC)OC(=O)CC(=O)O1. The Balaban J connectivity index is 2.73. The highest BCUT2D eigenvalue weighted by Gasteiger charge is 2.46. The summed E-state index contributed by atoms with van der Waals surface area (Å²) in [5.41, 5.74) is 0. The van der Waals surface area contributed by atoms with Crippen molar-refractivity contribution in [3.05, 3.63) is 0 Å². The second-order valence-electron chi connectivity index (χ2n) is 2.49. The molecule has 0 aromatic heterocycles. The van der Waals surface area contributed by atoms with Gasteiger partial charge in [-0.1, -0.05) is 0 Å². The van der Waals surface area contributed by atoms with Gasteiger partial charge in [-0.25, -0.2) is 0 Å². The summed E-state index contributed by atoms with van der Waals surface area (Å²) in [5, 5.41) is 0. The molecule has 1 fully saturated rings. The van der Waals surface area contributed by atoms with E-state index in [1.807, 2.05) is 0 Å². The lowest BCUT2D eigenvalue weighted by Crippen LogP contribution is -2.49. The Bertz CT molecular complexity index is 212. The van der Waals surface area contributed by atoms with E-state index in [0.717, 1.165) is 0 Å². The van der Waals surface area contributed by atoms with E-state index in [-0.39, 0.29) is 13.2 Å². The molecule has 0 radical (unpaired) electrons. The maximum Gasteiger partial charge on any atom is 0.514 e. The number of hydrogen-bond acceptors (Lipinski definition) is 6. The normalized spacial score (nSPS) is 20.1. The van der Waals surface area contributed by atoms with Crippen LogP contribution in [0, 0.1) is 0 Å². The number of carbonyl (C=O) groups excluding carboxylic acids is 2. The molecule has 80 valence electrons. The molecule has 0 spiro atoms. The van der Waals surface area contributed by atoms with Gasteiger partial charge in [0.1, 0.15) is 6.42 Å². The van der Waals surface area contributed by atoms with Crippen molar-refractivity contribution in [2.24, 2.45) is 0 Å². The lowest BCUT2D eigenvalue weighted by molar-refractivity contribution is -0.469. The van der Waals surface area contributed by atoms with E-state index in [1.165, 1.54) is 0 Å². The molecule has 1 rings (SSSR count). The molecule has 0 bridgehead atoms. The topological polar surface area (TPSA) is 71.1 Å². The summed E-state index contributed by atoms with van der Waals surface area (Å²) < 4.78 is 19.3. The number of carbonyl (C=O) groups is 2. The molecule has 6 nitrogen and oxygen atoms in total. The van der Waals surface area contributed by atoms with Crippen LogP contribution in [0.2, 0.25) is 0 Å². The molecular formula is C8H12O6. The molecule has 14 heavy (non-hydrogen) atoms. The van der Waals surface area contributed by atoms with Crippen LogP contribution in [0.25, 0.3) is 0 Å². The van der Waals surface area contributed by atoms with Crippen molar-refractivity contribution in [3.63, 3.8) is 0 Å². The van der Waals surface area contributed by atoms with Crippen LogP contribution in [0.3, 0.4) is 0 Å². The summed E-state index contributed by atoms with van der Waals surface area (Å²) in [6.45, 7) is 3.72. The molecule has 0 N–H and O–H groups in total. The summed E-state index contributed by atoms with van der Waals surface area (Å²) in [6, 6.07) is 0. The van der Waals surface area contributed by atoms with E-state index in [9.17, 15) is 9.59 Å². The molecular weight excluding hydrogens is 192 g/mol. The fourth-order valence-corrected chi connectivity index (χ4v) is 1.00. The number of hydrogen-bond donors (Lipinski definition) is 0. The zero-order valence-corrected chi connectivity index (χ0v) is 8.07. The van der Waals surface area contributed by atoms with Crippen molar-refractivity contribution in [3.8, 4) is 0 Å². The van der Waals surface area contributed by atoms with Crippen molar-refractivity contribution < 1.29 is 28.5 Å². The Morgan fingerprint density at radius 1 is 1.14 bits per heavy atom. The summed E-state index contributed by atoms with van der Waals surface area (Å²) >= 11 is 0. The quantitative estimate of drug-likeness (QED) is 0.369. The van der Waals surface area contributed by atoms with Gasteiger partial charge in [-0.05, 0) is 13.8 Å². The Hall–Kier alpha value is -1.14. The van der Waals surface area contributed by atoms with Crippen LogP contribution in [0.5, 0.6) is 0 Å². The number of ether oxygens (including phenoxy) is 4. The smallest absolute Gasteiger partial charge is 0.373 e. The molecule has 1 aliphatic rings. The molecule has 0 aromatic carbocycles. The van der Waals surface area contributed by atoms with Gasteiger partial charge in [-0.15, -0.1) is 0 Å². The van der Waals surface area contributed by atoms with Crippen molar-refractivity contribution in [1.29, 1.82) is 0 Å². The van der Waals surface area contributed by atoms with Crippen LogP contribution in [-0.4, -0.2) is 31.3 Å². The zero-order valence-electron chi connectivity index (χ0n) is 8.07. The van der Waals surface area contributed by atoms with Crippen molar-refractivity contribution in [1.82, 2.24) is 0 Å². The van der Waals surface area contributed by atoms with E-state index < -0.39 is 24.5 Å². The molecule has 1 heterocycles. The van der Waals surface area contributed by atoms with Gasteiger partial charge in [0, 0.05) is 0 Å². The summed E-state index contributed by atoms with van der Waals surface area (Å²) in [6.07, 6.45) is -2.39. The predicted molar refractivity (Wildman–Crippen MR) is 42.8 cm³/mol. The maximum absolute atomic E-state index is 11.0. The minimum atomic E-state index is -1.98. The fraction of sp³-hybridized carbons (Fsp3) is 0.750. The first-order valence-corrected chi connectivity index (χ1v) is 4.33. The third-order valence-corrected chi connectivity index (χ3v) is 1.41. The monoisotopic (exact) mass is 204 g/mol. The second kappa shape index (κ2) is 4.39. The molecule has 0 saturated carbocycles. The van der Waals surface area contributed by atoms with Gasteiger partial charge >= 0.3 is 18.1 Å². The Morgan fingerprint density at radius 3 is 1.93 bits per heavy atom. The van der Waals surface area contributed by atoms with E-state index in [1.54, 1.807) is 13.8 Å². The second-order valence-corrected chi connectivity index (χ2v) is 2.49. The third-order valence-electron chi connectivity index (χ3n) is 1.41. The van der Waals surface area contributed by atoms with Crippen molar-refractivity contribution in [2.75, 3.05) is 13.2 Å². The first-order valence-electron chi connectivity index (χ1n) is 4.33. The Kier molecular flexibility index (Phi) is 3.43. The first-order chi connectivity index (χ1) is 6.62. The number of esters is 2. The molecule has 0 aromatic rings. The Labute approximate surface area is 81.1 Å². The zero-order chi connectivity index (χ0) is 10.6. The minimum Gasteiger partial charge on any atom is -0.373 e. The van der Waals surface area contributed by atoms with Crippen LogP contribution in [0.1, 0.15) is 20.3 Å². The fourth-order valence-electron chi connectivity index (χ4n) is 1.00. The van der Waals surface area contributed by atoms with Crippen LogP contribution in [-0.2, 0) is 28.5 Å². The molecule has 1 saturated heterocycles. The van der Waals surface area contributed by atoms with Crippen molar-refractivity contribution in [2.45, 2.75) is 26.4 Å². The van der Waals surface area contributed by atoms with E-state index in [0.29, 0.717) is 0 Å². The van der Waals surface area contributed by atoms with E-state index in [4.69, 9.17) is 18.9 Å². The number of cyclic esters (lactones) is 2. The highest BCUT2D eigenvalue weighted by atomic mass is 17.0. The lowest BCUT2D eigenvalue weighted by Gasteiger charge is -2.32. The largest absolute Gasteiger partial charge is 0.514 e. The highest BCUT2D eigenvalue weighted by Crippen LogP contribution is 2.23. The maximum atomic E-state index is 11.0. The minimum absolute atomic E-state index is 0.195. The molecule has 6 heteroatoms. The van der Waals surface area contributed by atoms with Crippen LogP contribution in [0.15, 0.2) is 0 Å². The lowest BCUT2D eigenvalue weighted by atomic mass is 10.4. The summed E-state index contributed by atoms with van der Waals surface area (Å²) in [5.74, 6) is -1.44. The van der Waals surface area contributed by atoms with Gasteiger partial charge in [0.05, 0.1) is 13.2 Å².